The Kier molecular flexibility index (Phi) is 6.69. The lowest BCUT2D eigenvalue weighted by Gasteiger charge is -2.34. The molecule has 1 fully saturated rings. The fraction of sp³-hybridized carbons (Fsp3) is 0.917. The van der Waals surface area contributed by atoms with Crippen LogP contribution in [0.1, 0.15) is 33.1 Å². The molecule has 1 aliphatic rings. The maximum Gasteiger partial charge on any atom is 0.193 e. The van der Waals surface area contributed by atoms with E-state index in [4.69, 9.17) is 0 Å². The van der Waals surface area contributed by atoms with Gasteiger partial charge in [-0.2, -0.15) is 11.8 Å². The Balaban J connectivity index is 2.39. The summed E-state index contributed by atoms with van der Waals surface area (Å²) in [6.45, 7) is 7.81. The van der Waals surface area contributed by atoms with Crippen molar-refractivity contribution in [2.75, 3.05) is 32.4 Å². The highest BCUT2D eigenvalue weighted by molar-refractivity contribution is 8.00. The molecule has 1 aliphatic heterocycles. The summed E-state index contributed by atoms with van der Waals surface area (Å²) in [7, 11) is 1.89. The third kappa shape index (κ3) is 4.24. The second kappa shape index (κ2) is 7.82. The second-order valence-corrected chi connectivity index (χ2v) is 5.58. The first-order chi connectivity index (χ1) is 7.81. The van der Waals surface area contributed by atoms with E-state index in [2.05, 4.69) is 40.8 Å². The van der Waals surface area contributed by atoms with E-state index in [-0.39, 0.29) is 0 Å². The number of nitrogens with zero attached hydrogens (tertiary/aromatic N) is 2. The minimum absolute atomic E-state index is 0.776. The lowest BCUT2D eigenvalue weighted by atomic mass is 10.3. The van der Waals surface area contributed by atoms with Crippen LogP contribution in [0, 0.1) is 0 Å². The van der Waals surface area contributed by atoms with Gasteiger partial charge in [0.05, 0.1) is 0 Å². The van der Waals surface area contributed by atoms with Gasteiger partial charge in [0.25, 0.3) is 0 Å². The van der Waals surface area contributed by atoms with Gasteiger partial charge in [0.2, 0.25) is 0 Å². The van der Waals surface area contributed by atoms with Crippen LogP contribution in [0.15, 0.2) is 4.99 Å². The summed E-state index contributed by atoms with van der Waals surface area (Å²) in [4.78, 5) is 6.78. The van der Waals surface area contributed by atoms with Crippen molar-refractivity contribution in [2.24, 2.45) is 4.99 Å². The molecule has 1 atom stereocenters. The second-order valence-electron chi connectivity index (χ2n) is 4.17. The van der Waals surface area contributed by atoms with Gasteiger partial charge in [-0.3, -0.25) is 4.99 Å². The Morgan fingerprint density at radius 3 is 2.94 bits per heavy atom. The molecule has 1 heterocycles. The van der Waals surface area contributed by atoms with Gasteiger partial charge in [-0.15, -0.1) is 0 Å². The van der Waals surface area contributed by atoms with Gasteiger partial charge in [0.15, 0.2) is 5.96 Å². The zero-order valence-corrected chi connectivity index (χ0v) is 11.6. The third-order valence-electron chi connectivity index (χ3n) is 2.92. The molecule has 1 N–H and O–H groups in total. The molecular weight excluding hydrogens is 218 g/mol. The molecule has 1 unspecified atom stereocenters. The minimum Gasteiger partial charge on any atom is -0.356 e. The number of unbranched alkanes of at least 4 members (excludes halogenated alkanes) is 1. The molecule has 0 amide bonds. The average molecular weight is 243 g/mol. The highest BCUT2D eigenvalue weighted by Gasteiger charge is 2.20. The summed E-state index contributed by atoms with van der Waals surface area (Å²) in [5.41, 5.74) is 0. The number of thioether (sulfide) groups is 1. The molecule has 0 spiro atoms. The molecule has 16 heavy (non-hydrogen) atoms. The Labute approximate surface area is 104 Å². The first-order valence-electron chi connectivity index (χ1n) is 6.39. The average Bonchev–Trinajstić information content (AvgIpc) is 2.35. The van der Waals surface area contributed by atoms with Crippen LogP contribution in [-0.2, 0) is 0 Å². The Bertz CT molecular complexity index is 218. The number of rotatable bonds is 4. The molecule has 0 radical (unpaired) electrons. The normalized spacial score (nSPS) is 22.3. The van der Waals surface area contributed by atoms with E-state index < -0.39 is 0 Å². The summed E-state index contributed by atoms with van der Waals surface area (Å²) in [6.07, 6.45) is 3.71. The predicted octanol–water partition coefficient (Wildman–Crippen LogP) is 2.19. The molecule has 0 aromatic heterocycles. The minimum atomic E-state index is 0.776. The summed E-state index contributed by atoms with van der Waals surface area (Å²) < 4.78 is 0. The predicted molar refractivity (Wildman–Crippen MR) is 74.4 cm³/mol. The molecule has 0 aliphatic carbocycles. The van der Waals surface area contributed by atoms with Crippen molar-refractivity contribution in [2.45, 2.75) is 38.4 Å². The summed E-state index contributed by atoms with van der Waals surface area (Å²) in [5, 5.41) is 4.23. The number of hydrogen-bond acceptors (Lipinski definition) is 2. The van der Waals surface area contributed by atoms with Gasteiger partial charge < -0.3 is 10.2 Å². The van der Waals surface area contributed by atoms with Gasteiger partial charge >= 0.3 is 0 Å². The number of hydrogen-bond donors (Lipinski definition) is 1. The smallest absolute Gasteiger partial charge is 0.193 e. The third-order valence-corrected chi connectivity index (χ3v) is 4.29. The fourth-order valence-corrected chi connectivity index (χ4v) is 3.05. The van der Waals surface area contributed by atoms with E-state index in [1.54, 1.807) is 0 Å². The van der Waals surface area contributed by atoms with Crippen LogP contribution in [-0.4, -0.2) is 48.5 Å². The molecule has 0 aromatic rings. The number of nitrogens with one attached hydrogen (secondary N) is 1. The molecule has 4 heteroatoms. The van der Waals surface area contributed by atoms with Crippen molar-refractivity contribution in [3.05, 3.63) is 0 Å². The molecule has 0 aromatic carbocycles. The molecule has 1 rings (SSSR count). The van der Waals surface area contributed by atoms with E-state index in [9.17, 15) is 0 Å². The standard InChI is InChI=1S/C12H25N3S/c1-4-6-7-14-12(13-3)15-8-9-16-11(5-2)10-15/h11H,4-10H2,1-3H3,(H,13,14). The summed E-state index contributed by atoms with van der Waals surface area (Å²) in [6, 6.07) is 0. The van der Waals surface area contributed by atoms with Crippen molar-refractivity contribution < 1.29 is 0 Å². The Morgan fingerprint density at radius 2 is 2.31 bits per heavy atom. The van der Waals surface area contributed by atoms with Crippen LogP contribution in [0.2, 0.25) is 0 Å². The highest BCUT2D eigenvalue weighted by Crippen LogP contribution is 2.20. The lowest BCUT2D eigenvalue weighted by molar-refractivity contribution is 0.408. The van der Waals surface area contributed by atoms with Gasteiger partial charge in [-0.25, -0.2) is 0 Å². The van der Waals surface area contributed by atoms with Crippen LogP contribution in [0.3, 0.4) is 0 Å². The van der Waals surface area contributed by atoms with Crippen LogP contribution < -0.4 is 5.32 Å². The SMILES string of the molecule is CCCCNC(=NC)N1CCSC(CC)C1. The van der Waals surface area contributed by atoms with E-state index in [0.29, 0.717) is 0 Å². The zero-order chi connectivity index (χ0) is 11.8. The van der Waals surface area contributed by atoms with Crippen LogP contribution in [0.4, 0.5) is 0 Å². The zero-order valence-electron chi connectivity index (χ0n) is 10.8. The Morgan fingerprint density at radius 1 is 1.50 bits per heavy atom. The van der Waals surface area contributed by atoms with Crippen LogP contribution >= 0.6 is 11.8 Å². The van der Waals surface area contributed by atoms with Gasteiger partial charge in [0.1, 0.15) is 0 Å². The number of aliphatic imine (C=N–C) groups is 1. The van der Waals surface area contributed by atoms with E-state index in [1.807, 2.05) is 7.05 Å². The largest absolute Gasteiger partial charge is 0.356 e. The van der Waals surface area contributed by atoms with Gasteiger partial charge in [-0.05, 0) is 12.8 Å². The van der Waals surface area contributed by atoms with Crippen molar-refractivity contribution >= 4 is 17.7 Å². The highest BCUT2D eigenvalue weighted by atomic mass is 32.2. The van der Waals surface area contributed by atoms with Crippen molar-refractivity contribution in [3.8, 4) is 0 Å². The summed E-state index contributed by atoms with van der Waals surface area (Å²) in [5.74, 6) is 2.32. The Hall–Kier alpha value is -0.380. The van der Waals surface area contributed by atoms with E-state index in [0.717, 1.165) is 30.8 Å². The maximum absolute atomic E-state index is 4.37. The number of guanidine groups is 1. The van der Waals surface area contributed by atoms with Gasteiger partial charge in [0, 0.05) is 37.7 Å². The summed E-state index contributed by atoms with van der Waals surface area (Å²) >= 11 is 2.10. The van der Waals surface area contributed by atoms with Crippen molar-refractivity contribution in [3.63, 3.8) is 0 Å². The molecule has 94 valence electrons. The van der Waals surface area contributed by atoms with Crippen LogP contribution in [0.25, 0.3) is 0 Å². The first kappa shape index (κ1) is 13.7. The molecule has 0 bridgehead atoms. The maximum atomic E-state index is 4.37. The van der Waals surface area contributed by atoms with E-state index in [1.165, 1.54) is 25.0 Å². The topological polar surface area (TPSA) is 27.6 Å². The quantitative estimate of drug-likeness (QED) is 0.466. The fourth-order valence-electron chi connectivity index (χ4n) is 1.87. The molecule has 1 saturated heterocycles. The first-order valence-corrected chi connectivity index (χ1v) is 7.43. The van der Waals surface area contributed by atoms with Crippen molar-refractivity contribution in [1.29, 1.82) is 0 Å². The van der Waals surface area contributed by atoms with Crippen LogP contribution in [0.5, 0.6) is 0 Å². The molecule has 0 saturated carbocycles. The van der Waals surface area contributed by atoms with E-state index >= 15 is 0 Å². The molecular formula is C12H25N3S. The molecule has 3 nitrogen and oxygen atoms in total. The monoisotopic (exact) mass is 243 g/mol. The lowest BCUT2D eigenvalue weighted by Crippen LogP contribution is -2.48. The van der Waals surface area contributed by atoms with Gasteiger partial charge in [-0.1, -0.05) is 20.3 Å². The van der Waals surface area contributed by atoms with Crippen molar-refractivity contribution in [1.82, 2.24) is 10.2 Å².